The summed E-state index contributed by atoms with van der Waals surface area (Å²) in [5, 5.41) is 2.59. The smallest absolute Gasteiger partial charge is 0.197 e. The van der Waals surface area contributed by atoms with Gasteiger partial charge in [0.25, 0.3) is 0 Å². The number of rotatable bonds is 4. The first-order chi connectivity index (χ1) is 15.1. The molecule has 0 unspecified atom stereocenters. The Morgan fingerprint density at radius 2 is 1.45 bits per heavy atom. The van der Waals surface area contributed by atoms with Gasteiger partial charge >= 0.3 is 0 Å². The Bertz CT molecular complexity index is 1590. The fraction of sp³-hybridized carbons (Fsp3) is 0.231. The molecule has 0 aliphatic carbocycles. The van der Waals surface area contributed by atoms with E-state index in [1.165, 1.54) is 0 Å². The first-order valence-corrected chi connectivity index (χ1v) is 10.9. The van der Waals surface area contributed by atoms with E-state index < -0.39 is 0 Å². The highest BCUT2D eigenvalue weighted by Gasteiger charge is 2.15. The van der Waals surface area contributed by atoms with Crippen LogP contribution in [0.3, 0.4) is 0 Å². The number of nitrogens with zero attached hydrogens (tertiary/aromatic N) is 2. The molecule has 156 valence electrons. The highest BCUT2D eigenvalue weighted by molar-refractivity contribution is 6.03. The van der Waals surface area contributed by atoms with Crippen LogP contribution in [0.15, 0.2) is 64.2 Å². The third-order valence-electron chi connectivity index (χ3n) is 6.32. The predicted octanol–water partition coefficient (Wildman–Crippen LogP) is 5.02. The summed E-state index contributed by atoms with van der Waals surface area (Å²) < 4.78 is 2.15. The van der Waals surface area contributed by atoms with Crippen LogP contribution in [-0.4, -0.2) is 22.6 Å². The zero-order chi connectivity index (χ0) is 21.7. The van der Waals surface area contributed by atoms with Crippen LogP contribution in [0.5, 0.6) is 0 Å². The minimum Gasteiger partial charge on any atom is -0.372 e. The molecule has 5 nitrogen and oxygen atoms in total. The third kappa shape index (κ3) is 2.84. The maximum absolute atomic E-state index is 13.4. The van der Waals surface area contributed by atoms with Crippen molar-refractivity contribution in [1.82, 2.24) is 9.55 Å². The molecule has 0 amide bonds. The van der Waals surface area contributed by atoms with Crippen LogP contribution in [0.4, 0.5) is 5.69 Å². The average Bonchev–Trinajstić information content (AvgIpc) is 2.80. The topological polar surface area (TPSA) is 58.1 Å². The molecule has 0 fully saturated rings. The molecule has 0 aliphatic rings. The molecule has 0 radical (unpaired) electrons. The van der Waals surface area contributed by atoms with Gasteiger partial charge in [0.1, 0.15) is 0 Å². The van der Waals surface area contributed by atoms with Crippen molar-refractivity contribution in [2.24, 2.45) is 0 Å². The van der Waals surface area contributed by atoms with Gasteiger partial charge < -0.3 is 14.5 Å². The molecule has 31 heavy (non-hydrogen) atoms. The van der Waals surface area contributed by atoms with Crippen LogP contribution in [0.1, 0.15) is 20.8 Å². The SMILES string of the molecule is CCN(CC)c1ccc2c(=O)c3cc4[nH]c5ccccc5c(=O)c4cc3n(CC)c2c1. The van der Waals surface area contributed by atoms with Crippen LogP contribution in [0.2, 0.25) is 0 Å². The maximum atomic E-state index is 13.4. The molecule has 0 saturated carbocycles. The molecule has 0 bridgehead atoms. The molecular weight excluding hydrogens is 386 g/mol. The Hall–Kier alpha value is -3.60. The zero-order valence-corrected chi connectivity index (χ0v) is 18.0. The van der Waals surface area contributed by atoms with Gasteiger partial charge in [-0.05, 0) is 63.2 Å². The fourth-order valence-electron chi connectivity index (χ4n) is 4.70. The lowest BCUT2D eigenvalue weighted by atomic mass is 10.0. The van der Waals surface area contributed by atoms with E-state index in [9.17, 15) is 9.59 Å². The van der Waals surface area contributed by atoms with E-state index in [2.05, 4.69) is 41.3 Å². The molecule has 3 aromatic carbocycles. The van der Waals surface area contributed by atoms with Crippen LogP contribution in [0.25, 0.3) is 43.6 Å². The largest absolute Gasteiger partial charge is 0.372 e. The van der Waals surface area contributed by atoms with Gasteiger partial charge in [0.15, 0.2) is 10.9 Å². The van der Waals surface area contributed by atoms with E-state index in [1.807, 2.05) is 48.5 Å². The predicted molar refractivity (Wildman–Crippen MR) is 131 cm³/mol. The second-order valence-corrected chi connectivity index (χ2v) is 7.86. The Labute approximate surface area is 179 Å². The second-order valence-electron chi connectivity index (χ2n) is 7.86. The summed E-state index contributed by atoms with van der Waals surface area (Å²) in [7, 11) is 0. The summed E-state index contributed by atoms with van der Waals surface area (Å²) in [6.07, 6.45) is 0. The van der Waals surface area contributed by atoms with E-state index in [0.29, 0.717) is 33.6 Å². The van der Waals surface area contributed by atoms with E-state index in [-0.39, 0.29) is 10.9 Å². The van der Waals surface area contributed by atoms with E-state index in [0.717, 1.165) is 35.3 Å². The third-order valence-corrected chi connectivity index (χ3v) is 6.32. The van der Waals surface area contributed by atoms with Crippen LogP contribution >= 0.6 is 0 Å². The molecule has 2 aromatic heterocycles. The number of aromatic amines is 1. The molecule has 1 N–H and O–H groups in total. The van der Waals surface area contributed by atoms with Crippen molar-refractivity contribution in [3.05, 3.63) is 75.0 Å². The first-order valence-electron chi connectivity index (χ1n) is 10.9. The van der Waals surface area contributed by atoms with Crippen molar-refractivity contribution in [3.63, 3.8) is 0 Å². The number of anilines is 1. The summed E-state index contributed by atoms with van der Waals surface area (Å²) >= 11 is 0. The van der Waals surface area contributed by atoms with Crippen LogP contribution < -0.4 is 15.8 Å². The molecule has 5 rings (SSSR count). The molecular formula is C26H25N3O2. The monoisotopic (exact) mass is 411 g/mol. The number of aryl methyl sites for hydroxylation is 1. The second kappa shape index (κ2) is 7.27. The standard InChI is InChI=1S/C26H25N3O2/c1-4-28(5-2)16-11-12-18-23(13-16)29(6-3)24-15-19-22(14-20(24)26(18)31)27-21-10-8-7-9-17(21)25(19)30/h7-15H,4-6H2,1-3H3,(H,27,30). The fourth-order valence-corrected chi connectivity index (χ4v) is 4.70. The Balaban J connectivity index is 1.94. The van der Waals surface area contributed by atoms with Gasteiger partial charge in [-0.2, -0.15) is 0 Å². The quantitative estimate of drug-likeness (QED) is 0.423. The zero-order valence-electron chi connectivity index (χ0n) is 18.0. The number of hydrogen-bond acceptors (Lipinski definition) is 3. The number of H-pyrrole nitrogens is 1. The number of nitrogens with one attached hydrogen (secondary N) is 1. The van der Waals surface area contributed by atoms with Gasteiger partial charge in [0, 0.05) is 52.4 Å². The lowest BCUT2D eigenvalue weighted by Gasteiger charge is -2.22. The summed E-state index contributed by atoms with van der Waals surface area (Å²) in [4.78, 5) is 32.2. The molecule has 2 heterocycles. The highest BCUT2D eigenvalue weighted by atomic mass is 16.1. The minimum atomic E-state index is -0.0154. The van der Waals surface area contributed by atoms with E-state index in [1.54, 1.807) is 0 Å². The van der Waals surface area contributed by atoms with Gasteiger partial charge in [-0.3, -0.25) is 9.59 Å². The van der Waals surface area contributed by atoms with Crippen molar-refractivity contribution in [3.8, 4) is 0 Å². The average molecular weight is 412 g/mol. The summed E-state index contributed by atoms with van der Waals surface area (Å²) in [6, 6.07) is 17.3. The number of pyridine rings is 2. The van der Waals surface area contributed by atoms with Gasteiger partial charge in [-0.1, -0.05) is 12.1 Å². The number of para-hydroxylation sites is 1. The molecule has 5 heteroatoms. The van der Waals surface area contributed by atoms with Gasteiger partial charge in [0.2, 0.25) is 0 Å². The molecule has 0 aliphatic heterocycles. The number of fused-ring (bicyclic) bond motifs is 4. The van der Waals surface area contributed by atoms with Crippen LogP contribution in [0, 0.1) is 0 Å². The van der Waals surface area contributed by atoms with Crippen molar-refractivity contribution in [2.75, 3.05) is 18.0 Å². The lowest BCUT2D eigenvalue weighted by molar-refractivity contribution is 0.819. The van der Waals surface area contributed by atoms with Gasteiger partial charge in [0.05, 0.1) is 16.6 Å². The number of hydrogen-bond donors (Lipinski definition) is 1. The van der Waals surface area contributed by atoms with Crippen molar-refractivity contribution in [1.29, 1.82) is 0 Å². The molecule has 0 saturated heterocycles. The maximum Gasteiger partial charge on any atom is 0.197 e. The molecule has 0 atom stereocenters. The Morgan fingerprint density at radius 1 is 0.742 bits per heavy atom. The highest BCUT2D eigenvalue weighted by Crippen LogP contribution is 2.27. The summed E-state index contributed by atoms with van der Waals surface area (Å²) in [5.74, 6) is 0. The van der Waals surface area contributed by atoms with Gasteiger partial charge in [-0.25, -0.2) is 0 Å². The Morgan fingerprint density at radius 3 is 2.19 bits per heavy atom. The summed E-state index contributed by atoms with van der Waals surface area (Å²) in [5.41, 5.74) is 4.25. The van der Waals surface area contributed by atoms with E-state index >= 15 is 0 Å². The molecule has 0 spiro atoms. The first kappa shape index (κ1) is 19.4. The number of aromatic nitrogens is 2. The number of benzene rings is 3. The summed E-state index contributed by atoms with van der Waals surface area (Å²) in [6.45, 7) is 8.83. The van der Waals surface area contributed by atoms with Crippen LogP contribution in [-0.2, 0) is 6.54 Å². The van der Waals surface area contributed by atoms with Crippen molar-refractivity contribution >= 4 is 49.3 Å². The Kier molecular flexibility index (Phi) is 4.54. The van der Waals surface area contributed by atoms with Gasteiger partial charge in [-0.15, -0.1) is 0 Å². The molecule has 5 aromatic rings. The lowest BCUT2D eigenvalue weighted by Crippen LogP contribution is -2.22. The van der Waals surface area contributed by atoms with E-state index in [4.69, 9.17) is 0 Å². The minimum absolute atomic E-state index is 0.00305. The van der Waals surface area contributed by atoms with Crippen molar-refractivity contribution < 1.29 is 0 Å². The normalized spacial score (nSPS) is 11.7. The van der Waals surface area contributed by atoms with Crippen molar-refractivity contribution in [2.45, 2.75) is 27.3 Å².